The second kappa shape index (κ2) is 7.90. The number of Topliss-reactive ketones (excluding diaryl/α,β-unsaturated/α-hetero) is 1. The molecule has 1 saturated carbocycles. The third-order valence-electron chi connectivity index (χ3n) is 4.32. The van der Waals surface area contributed by atoms with Gasteiger partial charge in [-0.2, -0.15) is 0 Å². The first-order valence-electron chi connectivity index (χ1n) is 8.16. The molecule has 2 atom stereocenters. The smallest absolute Gasteiger partial charge is 0.230 e. The molecular formula is C17H25N3O2S. The van der Waals surface area contributed by atoms with Crippen LogP contribution in [0.2, 0.25) is 0 Å². The number of aryl methyl sites for hydroxylation is 2. The molecule has 0 unspecified atom stereocenters. The minimum absolute atomic E-state index is 0.0113. The average Bonchev–Trinajstić information content (AvgIpc) is 2.46. The summed E-state index contributed by atoms with van der Waals surface area (Å²) in [6.45, 7) is 7.31. The van der Waals surface area contributed by atoms with Gasteiger partial charge in [0.2, 0.25) is 5.91 Å². The summed E-state index contributed by atoms with van der Waals surface area (Å²) in [5, 5.41) is 3.73. The Morgan fingerprint density at radius 3 is 2.57 bits per heavy atom. The Bertz CT molecular complexity index is 604. The lowest BCUT2D eigenvalue weighted by atomic mass is 9.86. The molecule has 0 saturated heterocycles. The first-order chi connectivity index (χ1) is 10.9. The van der Waals surface area contributed by atoms with Gasteiger partial charge in [0.15, 0.2) is 5.78 Å². The zero-order chi connectivity index (χ0) is 17.0. The minimum atomic E-state index is -0.0636. The Kier molecular flexibility index (Phi) is 6.16. The van der Waals surface area contributed by atoms with E-state index in [9.17, 15) is 9.59 Å². The van der Waals surface area contributed by atoms with Crippen LogP contribution in [0.5, 0.6) is 0 Å². The summed E-state index contributed by atoms with van der Waals surface area (Å²) < 4.78 is 0. The molecule has 0 aliphatic heterocycles. The Morgan fingerprint density at radius 1 is 1.22 bits per heavy atom. The molecule has 1 N–H and O–H groups in total. The number of ketones is 1. The fourth-order valence-electron chi connectivity index (χ4n) is 3.10. The highest BCUT2D eigenvalue weighted by atomic mass is 32.2. The highest BCUT2D eigenvalue weighted by Crippen LogP contribution is 2.25. The van der Waals surface area contributed by atoms with E-state index in [0.717, 1.165) is 6.42 Å². The van der Waals surface area contributed by atoms with E-state index in [1.807, 2.05) is 0 Å². The third-order valence-corrected chi connectivity index (χ3v) is 5.29. The van der Waals surface area contributed by atoms with Gasteiger partial charge >= 0.3 is 0 Å². The number of nitrogens with one attached hydrogen (secondary N) is 1. The third kappa shape index (κ3) is 4.77. The van der Waals surface area contributed by atoms with Crippen LogP contribution in [-0.4, -0.2) is 33.5 Å². The van der Waals surface area contributed by atoms with Gasteiger partial charge in [-0.05, 0) is 39.5 Å². The molecule has 126 valence electrons. The predicted octanol–water partition coefficient (Wildman–Crippen LogP) is 3.08. The van der Waals surface area contributed by atoms with E-state index in [-0.39, 0.29) is 23.5 Å². The van der Waals surface area contributed by atoms with Crippen molar-refractivity contribution in [2.24, 2.45) is 5.92 Å². The van der Waals surface area contributed by atoms with Gasteiger partial charge in [-0.3, -0.25) is 9.59 Å². The predicted molar refractivity (Wildman–Crippen MR) is 91.8 cm³/mol. The van der Waals surface area contributed by atoms with Crippen LogP contribution >= 0.6 is 11.8 Å². The lowest BCUT2D eigenvalue weighted by Gasteiger charge is -2.29. The van der Waals surface area contributed by atoms with Crippen LogP contribution in [0.25, 0.3) is 0 Å². The van der Waals surface area contributed by atoms with Crippen LogP contribution in [-0.2, 0) is 4.79 Å². The van der Waals surface area contributed by atoms with Crippen LogP contribution in [0.1, 0.15) is 61.4 Å². The molecule has 1 amide bonds. The molecule has 2 rings (SSSR count). The highest BCUT2D eigenvalue weighted by Gasteiger charge is 2.23. The highest BCUT2D eigenvalue weighted by molar-refractivity contribution is 8.00. The molecule has 5 nitrogen and oxygen atoms in total. The Hall–Kier alpha value is -1.43. The van der Waals surface area contributed by atoms with E-state index in [2.05, 4.69) is 22.2 Å². The molecule has 1 aromatic rings. The van der Waals surface area contributed by atoms with Gasteiger partial charge in [0.05, 0.1) is 17.0 Å². The molecule has 0 bridgehead atoms. The maximum atomic E-state index is 12.2. The Labute approximate surface area is 142 Å². The number of thioether (sulfide) groups is 1. The summed E-state index contributed by atoms with van der Waals surface area (Å²) in [6.07, 6.45) is 4.67. The number of carbonyl (C=O) groups is 2. The van der Waals surface area contributed by atoms with Crippen molar-refractivity contribution in [3.8, 4) is 0 Å². The number of nitrogens with zero attached hydrogens (tertiary/aromatic N) is 2. The fraction of sp³-hybridized carbons (Fsp3) is 0.647. The first kappa shape index (κ1) is 17.9. The van der Waals surface area contributed by atoms with Crippen molar-refractivity contribution < 1.29 is 9.59 Å². The molecule has 23 heavy (non-hydrogen) atoms. The minimum Gasteiger partial charge on any atom is -0.352 e. The molecule has 1 aliphatic carbocycles. The van der Waals surface area contributed by atoms with Crippen LogP contribution in [0.15, 0.2) is 5.03 Å². The number of aromatic nitrogens is 2. The first-order valence-corrected chi connectivity index (χ1v) is 9.15. The summed E-state index contributed by atoms with van der Waals surface area (Å²) in [5.74, 6) is 1.38. The van der Waals surface area contributed by atoms with Crippen molar-refractivity contribution in [3.63, 3.8) is 0 Å². The molecule has 1 fully saturated rings. The second-order valence-electron chi connectivity index (χ2n) is 6.32. The second-order valence-corrected chi connectivity index (χ2v) is 7.28. The van der Waals surface area contributed by atoms with E-state index < -0.39 is 0 Å². The van der Waals surface area contributed by atoms with Gasteiger partial charge < -0.3 is 5.32 Å². The molecule has 1 aliphatic rings. The van der Waals surface area contributed by atoms with E-state index in [4.69, 9.17) is 0 Å². The zero-order valence-corrected chi connectivity index (χ0v) is 15.1. The van der Waals surface area contributed by atoms with Crippen LogP contribution < -0.4 is 5.32 Å². The number of hydrogen-bond acceptors (Lipinski definition) is 5. The van der Waals surface area contributed by atoms with Crippen molar-refractivity contribution in [1.82, 2.24) is 15.3 Å². The number of amides is 1. The Balaban J connectivity index is 2.00. The van der Waals surface area contributed by atoms with Gasteiger partial charge in [0, 0.05) is 6.04 Å². The summed E-state index contributed by atoms with van der Waals surface area (Å²) in [5.41, 5.74) is 1.20. The van der Waals surface area contributed by atoms with Crippen molar-refractivity contribution in [2.75, 3.05) is 5.75 Å². The van der Waals surface area contributed by atoms with Crippen molar-refractivity contribution in [3.05, 3.63) is 17.1 Å². The van der Waals surface area contributed by atoms with Crippen LogP contribution in [0.3, 0.4) is 0 Å². The summed E-state index contributed by atoms with van der Waals surface area (Å²) in [6, 6.07) is 0.276. The van der Waals surface area contributed by atoms with E-state index in [1.54, 1.807) is 13.8 Å². The lowest BCUT2D eigenvalue weighted by Crippen LogP contribution is -2.41. The van der Waals surface area contributed by atoms with Gasteiger partial charge in [-0.15, -0.1) is 0 Å². The number of carbonyl (C=O) groups excluding carboxylic acids is 2. The fourth-order valence-corrected chi connectivity index (χ4v) is 4.09. The standard InChI is InChI=1S/C17H25N3O2S/c1-10-7-5-6-8-14(10)20-15(22)9-23-17-16(12(3)21)11(2)18-13(4)19-17/h10,14H,5-9H2,1-4H3,(H,20,22)/t10-,14+/m1/s1. The lowest BCUT2D eigenvalue weighted by molar-refractivity contribution is -0.119. The van der Waals surface area contributed by atoms with E-state index in [1.165, 1.54) is 37.9 Å². The summed E-state index contributed by atoms with van der Waals surface area (Å²) in [7, 11) is 0. The zero-order valence-electron chi connectivity index (χ0n) is 14.3. The van der Waals surface area contributed by atoms with Gasteiger partial charge in [-0.25, -0.2) is 9.97 Å². The molecule has 1 aromatic heterocycles. The summed E-state index contributed by atoms with van der Waals surface area (Å²) in [4.78, 5) is 32.6. The van der Waals surface area contributed by atoms with Gasteiger partial charge in [0.25, 0.3) is 0 Å². The topological polar surface area (TPSA) is 72.0 Å². The number of rotatable bonds is 5. The van der Waals surface area contributed by atoms with Crippen molar-refractivity contribution in [2.45, 2.75) is 64.4 Å². The molecule has 6 heteroatoms. The van der Waals surface area contributed by atoms with Crippen molar-refractivity contribution in [1.29, 1.82) is 0 Å². The summed E-state index contributed by atoms with van der Waals surface area (Å²) >= 11 is 1.32. The largest absolute Gasteiger partial charge is 0.352 e. The average molecular weight is 335 g/mol. The van der Waals surface area contributed by atoms with Gasteiger partial charge in [-0.1, -0.05) is 31.5 Å². The molecule has 0 aromatic carbocycles. The molecular weight excluding hydrogens is 310 g/mol. The normalized spacial score (nSPS) is 21.0. The van der Waals surface area contributed by atoms with Gasteiger partial charge in [0.1, 0.15) is 10.9 Å². The van der Waals surface area contributed by atoms with Crippen LogP contribution in [0, 0.1) is 19.8 Å². The molecule has 1 heterocycles. The quantitative estimate of drug-likeness (QED) is 0.508. The monoisotopic (exact) mass is 335 g/mol. The molecule has 0 spiro atoms. The maximum Gasteiger partial charge on any atom is 0.230 e. The van der Waals surface area contributed by atoms with E-state index >= 15 is 0 Å². The maximum absolute atomic E-state index is 12.2. The number of hydrogen-bond donors (Lipinski definition) is 1. The Morgan fingerprint density at radius 2 is 1.91 bits per heavy atom. The molecule has 0 radical (unpaired) electrons. The van der Waals surface area contributed by atoms with E-state index in [0.29, 0.717) is 28.0 Å². The van der Waals surface area contributed by atoms with Crippen molar-refractivity contribution >= 4 is 23.5 Å². The van der Waals surface area contributed by atoms with Crippen LogP contribution in [0.4, 0.5) is 0 Å². The SMILES string of the molecule is CC(=O)c1c(C)nc(C)nc1SCC(=O)N[C@H]1CCCC[C@H]1C.